The van der Waals surface area contributed by atoms with Crippen LogP contribution in [0.3, 0.4) is 0 Å². The summed E-state index contributed by atoms with van der Waals surface area (Å²) in [5.74, 6) is -7.79. The van der Waals surface area contributed by atoms with E-state index in [1.165, 1.54) is 4.90 Å². The number of hydrogen-bond donors (Lipinski definition) is 7. The number of benzene rings is 1. The summed E-state index contributed by atoms with van der Waals surface area (Å²) in [6.07, 6.45) is 0.117. The van der Waals surface area contributed by atoms with Crippen molar-refractivity contribution in [3.8, 4) is 5.75 Å². The van der Waals surface area contributed by atoms with E-state index in [9.17, 15) is 39.6 Å². The van der Waals surface area contributed by atoms with Crippen molar-refractivity contribution in [1.82, 2.24) is 10.2 Å². The van der Waals surface area contributed by atoms with Crippen molar-refractivity contribution in [2.24, 2.45) is 17.6 Å². The number of phenolic OH excluding ortho intramolecular Hbond substituents is 1. The lowest BCUT2D eigenvalue weighted by molar-refractivity contribution is -0.153. The summed E-state index contributed by atoms with van der Waals surface area (Å²) in [6.45, 7) is 5.62. The van der Waals surface area contributed by atoms with E-state index in [0.717, 1.165) is 0 Å². The highest BCUT2D eigenvalue weighted by Gasteiger charge is 2.64. The number of nitrogens with one attached hydrogen (secondary N) is 2. The zero-order chi connectivity index (χ0) is 31.6. The van der Waals surface area contributed by atoms with Gasteiger partial charge in [0.05, 0.1) is 23.8 Å². The van der Waals surface area contributed by atoms with Gasteiger partial charge < -0.3 is 41.7 Å². The first kappa shape index (κ1) is 33.8. The number of Topliss-reactive ketones (excluding diaryl/α,β-unsaturated/α-hetero) is 2. The lowest BCUT2D eigenvalue weighted by Crippen LogP contribution is -2.65. The number of carbonyl (C=O) groups is 4. The van der Waals surface area contributed by atoms with Gasteiger partial charge in [-0.1, -0.05) is 0 Å². The van der Waals surface area contributed by atoms with Crippen LogP contribution in [-0.2, 0) is 25.6 Å². The number of nitrogens with zero attached hydrogens (tertiary/aromatic N) is 2. The molecule has 4 rings (SSSR count). The van der Waals surface area contributed by atoms with Crippen LogP contribution >= 0.6 is 12.4 Å². The fourth-order valence-corrected chi connectivity index (χ4v) is 6.33. The number of ketones is 2. The van der Waals surface area contributed by atoms with E-state index in [1.807, 2.05) is 20.8 Å². The number of carbonyl (C=O) groups excluding carboxylic acids is 4. The minimum absolute atomic E-state index is 0. The van der Waals surface area contributed by atoms with Gasteiger partial charge in [0.25, 0.3) is 5.91 Å². The molecule has 0 saturated heterocycles. The molecule has 1 aromatic rings. The second-order valence-corrected chi connectivity index (χ2v) is 12.7. The van der Waals surface area contributed by atoms with Gasteiger partial charge in [-0.15, -0.1) is 12.4 Å². The number of anilines is 2. The highest BCUT2D eigenvalue weighted by Crippen LogP contribution is 2.54. The van der Waals surface area contributed by atoms with Gasteiger partial charge in [-0.3, -0.25) is 24.1 Å². The molecule has 1 saturated carbocycles. The number of aromatic hydroxyl groups is 1. The highest BCUT2D eigenvalue weighted by molar-refractivity contribution is 6.24. The van der Waals surface area contributed by atoms with Gasteiger partial charge in [-0.05, 0) is 65.3 Å². The zero-order valence-electron chi connectivity index (χ0n) is 25.2. The lowest BCUT2D eigenvalue weighted by Gasteiger charge is -2.50. The predicted octanol–water partition coefficient (Wildman–Crippen LogP) is 0.778. The molecule has 14 heteroatoms. The molecule has 0 spiro atoms. The first-order chi connectivity index (χ1) is 19.3. The van der Waals surface area contributed by atoms with Gasteiger partial charge in [-0.2, -0.15) is 0 Å². The third-order valence-electron chi connectivity index (χ3n) is 8.23. The zero-order valence-corrected chi connectivity index (χ0v) is 26.0. The topological polar surface area (TPSA) is 206 Å². The summed E-state index contributed by atoms with van der Waals surface area (Å²) in [7, 11) is 6.58. The van der Waals surface area contributed by atoms with Crippen LogP contribution in [-0.4, -0.2) is 101 Å². The molecule has 1 fully saturated rings. The Bertz CT molecular complexity index is 1460. The Morgan fingerprint density at radius 2 is 1.72 bits per heavy atom. The summed E-state index contributed by atoms with van der Waals surface area (Å²) in [4.78, 5) is 55.3. The van der Waals surface area contributed by atoms with Crippen LogP contribution in [0.1, 0.15) is 38.3 Å². The smallest absolute Gasteiger partial charge is 0.255 e. The monoisotopic (exact) mass is 621 g/mol. The Morgan fingerprint density at radius 1 is 1.12 bits per heavy atom. The molecule has 3 aliphatic carbocycles. The summed E-state index contributed by atoms with van der Waals surface area (Å²) in [5, 5.41) is 51.3. The van der Waals surface area contributed by atoms with Crippen LogP contribution < -0.4 is 21.3 Å². The van der Waals surface area contributed by atoms with Crippen LogP contribution in [0.15, 0.2) is 23.0 Å². The molecule has 2 amide bonds. The van der Waals surface area contributed by atoms with Crippen LogP contribution in [0.25, 0.3) is 5.76 Å². The van der Waals surface area contributed by atoms with E-state index in [1.54, 1.807) is 39.2 Å². The second kappa shape index (κ2) is 11.5. The van der Waals surface area contributed by atoms with Crippen molar-refractivity contribution in [3.05, 3.63) is 34.1 Å². The van der Waals surface area contributed by atoms with Crippen LogP contribution in [0.5, 0.6) is 5.75 Å². The van der Waals surface area contributed by atoms with Gasteiger partial charge in [0.15, 0.2) is 11.4 Å². The van der Waals surface area contributed by atoms with Crippen molar-refractivity contribution >= 4 is 52.9 Å². The quantitative estimate of drug-likeness (QED) is 0.174. The van der Waals surface area contributed by atoms with Crippen LogP contribution in [0.2, 0.25) is 0 Å². The van der Waals surface area contributed by atoms with Gasteiger partial charge in [0, 0.05) is 36.8 Å². The molecule has 1 aromatic carbocycles. The first-order valence-electron chi connectivity index (χ1n) is 13.6. The molecule has 43 heavy (non-hydrogen) atoms. The summed E-state index contributed by atoms with van der Waals surface area (Å²) < 4.78 is 0. The number of nitrogens with two attached hydrogens (primary N) is 1. The maximum absolute atomic E-state index is 14.0. The van der Waals surface area contributed by atoms with Gasteiger partial charge in [0.1, 0.15) is 22.8 Å². The molecule has 3 aliphatic rings. The number of aliphatic hydroxyl groups excluding tert-OH is 2. The molecule has 0 heterocycles. The van der Waals surface area contributed by atoms with Crippen molar-refractivity contribution in [1.29, 1.82) is 0 Å². The molecule has 0 aliphatic heterocycles. The maximum atomic E-state index is 14.0. The lowest BCUT2D eigenvalue weighted by atomic mass is 9.57. The summed E-state index contributed by atoms with van der Waals surface area (Å²) >= 11 is 0. The number of hydrogen-bond acceptors (Lipinski definition) is 11. The minimum atomic E-state index is -2.73. The summed E-state index contributed by atoms with van der Waals surface area (Å²) in [5.41, 5.74) is 2.11. The van der Waals surface area contributed by atoms with Crippen molar-refractivity contribution in [2.45, 2.75) is 50.8 Å². The second-order valence-electron chi connectivity index (χ2n) is 12.7. The average molecular weight is 622 g/mol. The molecule has 13 nitrogen and oxygen atoms in total. The molecular weight excluding hydrogens is 582 g/mol. The highest BCUT2D eigenvalue weighted by atomic mass is 35.5. The minimum Gasteiger partial charge on any atom is -0.508 e. The number of likely N-dealkylation sites (N-methyl/N-ethyl adjacent to an activating group) is 1. The number of aliphatic hydroxyl groups is 3. The fraction of sp³-hybridized carbons (Fsp3) is 0.517. The number of amides is 2. The summed E-state index contributed by atoms with van der Waals surface area (Å²) in [6, 6.07) is 0.409. The molecule has 2 unspecified atom stereocenters. The molecule has 236 valence electrons. The number of phenols is 1. The van der Waals surface area contributed by atoms with Gasteiger partial charge in [0.2, 0.25) is 11.7 Å². The van der Waals surface area contributed by atoms with E-state index in [-0.39, 0.29) is 54.2 Å². The Kier molecular flexibility index (Phi) is 9.01. The number of fused-ring (bicyclic) bond motifs is 3. The molecule has 0 bridgehead atoms. The van der Waals surface area contributed by atoms with Crippen molar-refractivity contribution in [2.75, 3.05) is 45.0 Å². The number of rotatable bonds is 6. The Morgan fingerprint density at radius 3 is 2.23 bits per heavy atom. The third kappa shape index (κ3) is 5.46. The molecule has 0 radical (unpaired) electrons. The van der Waals surface area contributed by atoms with Gasteiger partial charge >= 0.3 is 0 Å². The molecule has 4 atom stereocenters. The van der Waals surface area contributed by atoms with Crippen molar-refractivity contribution in [3.63, 3.8) is 0 Å². The SMILES string of the molecule is CN(C)c1cc(NC(=O)CNC(C)(C)C)c(O)c2c1CC1CC3[C@H](N(C)C)C(=O)C(C(N)=O)=C(O)[C@@]3(O)C(=O)C1=C2O.Cl. The Labute approximate surface area is 255 Å². The standard InChI is InChI=1S/C29H39N5O8.ClH/c1-28(2,3)31-11-17(35)32-15-10-16(33(4)5)13-8-12-9-14-21(34(6)7)24(38)20(27(30)41)26(40)29(14,42)25(39)18(12)23(37)19(13)22(15)36;/h10,12,14,21,31,36-37,40,42H,8-9,11H2,1-7H3,(H2,30,41)(H,32,35);1H/t12?,14?,21-,29-;/m0./s1. The van der Waals surface area contributed by atoms with Gasteiger partial charge in [-0.25, -0.2) is 0 Å². The van der Waals surface area contributed by atoms with Crippen LogP contribution in [0.4, 0.5) is 11.4 Å². The normalized spacial score (nSPS) is 25.1. The molecule has 0 aromatic heterocycles. The molecule has 8 N–H and O–H groups in total. The average Bonchev–Trinajstić information content (AvgIpc) is 2.85. The molecular formula is C29H40ClN5O8. The van der Waals surface area contributed by atoms with Crippen LogP contribution in [0, 0.1) is 11.8 Å². The Balaban J connectivity index is 0.00000506. The van der Waals surface area contributed by atoms with E-state index in [2.05, 4.69) is 10.6 Å². The maximum Gasteiger partial charge on any atom is 0.255 e. The fourth-order valence-electron chi connectivity index (χ4n) is 6.33. The Hall–Kier alpha value is -3.65. The van der Waals surface area contributed by atoms with E-state index in [0.29, 0.717) is 11.3 Å². The predicted molar refractivity (Wildman–Crippen MR) is 162 cm³/mol. The number of halogens is 1. The third-order valence-corrected chi connectivity index (χ3v) is 8.23. The number of primary amides is 1. The first-order valence-corrected chi connectivity index (χ1v) is 13.6. The largest absolute Gasteiger partial charge is 0.508 e. The van der Waals surface area contributed by atoms with E-state index < -0.39 is 69.7 Å². The van der Waals surface area contributed by atoms with E-state index in [4.69, 9.17) is 5.73 Å². The van der Waals surface area contributed by atoms with Crippen molar-refractivity contribution < 1.29 is 39.6 Å². The van der Waals surface area contributed by atoms with E-state index >= 15 is 0 Å².